The number of halogens is 2. The molecule has 0 spiro atoms. The number of nitrogens with zero attached hydrogens (tertiary/aromatic N) is 2. The molecular formula is C15H32Br2N2O. The predicted molar refractivity (Wildman–Crippen MR) is 75.5 cm³/mol. The van der Waals surface area contributed by atoms with Crippen LogP contribution in [-0.4, -0.2) is 75.5 Å². The van der Waals surface area contributed by atoms with Crippen molar-refractivity contribution in [3.63, 3.8) is 0 Å². The summed E-state index contributed by atoms with van der Waals surface area (Å²) in [7, 11) is 4.90. The minimum absolute atomic E-state index is 0. The third kappa shape index (κ3) is 6.73. The molecule has 0 aliphatic carbocycles. The first kappa shape index (κ1) is 20.8. The van der Waals surface area contributed by atoms with Gasteiger partial charge in [0.1, 0.15) is 26.2 Å². The summed E-state index contributed by atoms with van der Waals surface area (Å²) in [5.74, 6) is 0. The Morgan fingerprint density at radius 2 is 1.05 bits per heavy atom. The van der Waals surface area contributed by atoms with Gasteiger partial charge < -0.3 is 47.7 Å². The Hall–Kier alpha value is 0.840. The zero-order valence-electron chi connectivity index (χ0n) is 13.3. The van der Waals surface area contributed by atoms with Gasteiger partial charge in [0.2, 0.25) is 0 Å². The molecule has 0 amide bonds. The molecule has 2 fully saturated rings. The molecule has 5 heteroatoms. The lowest BCUT2D eigenvalue weighted by molar-refractivity contribution is -0.967. The Balaban J connectivity index is 0.00000180. The maximum absolute atomic E-state index is 5.50. The van der Waals surface area contributed by atoms with E-state index in [2.05, 4.69) is 14.1 Å². The van der Waals surface area contributed by atoms with E-state index in [-0.39, 0.29) is 34.0 Å². The van der Waals surface area contributed by atoms with Crippen molar-refractivity contribution in [3.8, 4) is 0 Å². The summed E-state index contributed by atoms with van der Waals surface area (Å²) < 4.78 is 8.04. The van der Waals surface area contributed by atoms with Gasteiger partial charge in [-0.25, -0.2) is 0 Å². The largest absolute Gasteiger partial charge is 1.00 e. The van der Waals surface area contributed by atoms with Crippen LogP contribution in [0.2, 0.25) is 0 Å². The van der Waals surface area contributed by atoms with Gasteiger partial charge in [-0.3, -0.25) is 0 Å². The fourth-order valence-corrected chi connectivity index (χ4v) is 3.34. The molecule has 2 heterocycles. The first-order valence-corrected chi connectivity index (χ1v) is 7.87. The van der Waals surface area contributed by atoms with E-state index < -0.39 is 0 Å². The molecule has 0 bridgehead atoms. The number of morpholine rings is 1. The van der Waals surface area contributed by atoms with Crippen LogP contribution in [0.25, 0.3) is 0 Å². The van der Waals surface area contributed by atoms with Crippen LogP contribution >= 0.6 is 0 Å². The lowest BCUT2D eigenvalue weighted by Crippen LogP contribution is -3.00. The van der Waals surface area contributed by atoms with Crippen LogP contribution in [0.15, 0.2) is 0 Å². The van der Waals surface area contributed by atoms with E-state index >= 15 is 0 Å². The van der Waals surface area contributed by atoms with E-state index in [0.717, 1.165) is 13.2 Å². The topological polar surface area (TPSA) is 9.23 Å². The highest BCUT2D eigenvalue weighted by Gasteiger charge is 2.30. The minimum Gasteiger partial charge on any atom is -1.00 e. The molecule has 0 atom stereocenters. The Morgan fingerprint density at radius 1 is 0.650 bits per heavy atom. The standard InChI is InChI=1S/C15H32N2O.2BrH/c1-16(8-6-4-3-5-7-9-16)10-11-17(2)12-14-18-15-13-17;;/h3-15H2,1-2H3;2*1H/q+2;;/p-2. The Morgan fingerprint density at radius 3 is 1.55 bits per heavy atom. The summed E-state index contributed by atoms with van der Waals surface area (Å²) in [6.07, 6.45) is 7.24. The van der Waals surface area contributed by atoms with Crippen molar-refractivity contribution < 1.29 is 47.7 Å². The summed E-state index contributed by atoms with van der Waals surface area (Å²) in [4.78, 5) is 0. The van der Waals surface area contributed by atoms with Crippen LogP contribution < -0.4 is 34.0 Å². The number of hydrogen-bond acceptors (Lipinski definition) is 1. The van der Waals surface area contributed by atoms with Gasteiger partial charge in [-0.15, -0.1) is 0 Å². The lowest BCUT2D eigenvalue weighted by Gasteiger charge is -2.42. The highest BCUT2D eigenvalue weighted by atomic mass is 79.9. The predicted octanol–water partition coefficient (Wildman–Crippen LogP) is -4.12. The fraction of sp³-hybridized carbons (Fsp3) is 1.00. The normalized spacial score (nSPS) is 25.5. The summed E-state index contributed by atoms with van der Waals surface area (Å²) in [6, 6.07) is 0. The number of ether oxygens (including phenoxy) is 1. The second-order valence-electron chi connectivity index (χ2n) is 6.96. The second kappa shape index (κ2) is 9.78. The van der Waals surface area contributed by atoms with Gasteiger partial charge in [0, 0.05) is 0 Å². The number of likely N-dealkylation sites (N-methyl/N-ethyl adjacent to an activating group) is 2. The molecular weight excluding hydrogens is 384 g/mol. The van der Waals surface area contributed by atoms with Crippen LogP contribution in [0.3, 0.4) is 0 Å². The van der Waals surface area contributed by atoms with Gasteiger partial charge >= 0.3 is 0 Å². The zero-order valence-corrected chi connectivity index (χ0v) is 16.4. The zero-order chi connectivity index (χ0) is 12.9. The van der Waals surface area contributed by atoms with Crippen molar-refractivity contribution in [2.75, 3.05) is 66.6 Å². The van der Waals surface area contributed by atoms with Gasteiger partial charge in [0.05, 0.1) is 40.4 Å². The van der Waals surface area contributed by atoms with Crippen LogP contribution in [0.4, 0.5) is 0 Å². The van der Waals surface area contributed by atoms with Crippen LogP contribution in [-0.2, 0) is 4.74 Å². The van der Waals surface area contributed by atoms with Crippen molar-refractivity contribution in [2.45, 2.75) is 32.1 Å². The number of rotatable bonds is 3. The van der Waals surface area contributed by atoms with Crippen molar-refractivity contribution in [1.29, 1.82) is 0 Å². The lowest BCUT2D eigenvalue weighted by atomic mass is 10.1. The van der Waals surface area contributed by atoms with Crippen molar-refractivity contribution in [1.82, 2.24) is 0 Å². The molecule has 3 nitrogen and oxygen atoms in total. The maximum atomic E-state index is 5.50. The van der Waals surface area contributed by atoms with Crippen molar-refractivity contribution in [3.05, 3.63) is 0 Å². The molecule has 0 radical (unpaired) electrons. The summed E-state index contributed by atoms with van der Waals surface area (Å²) in [5, 5.41) is 0. The van der Waals surface area contributed by atoms with E-state index in [0.29, 0.717) is 0 Å². The number of quaternary nitrogens is 2. The molecule has 0 aromatic carbocycles. The molecule has 0 aromatic heterocycles. The average Bonchev–Trinajstić information content (AvgIpc) is 2.34. The molecule has 0 N–H and O–H groups in total. The van der Waals surface area contributed by atoms with Crippen molar-refractivity contribution in [2.24, 2.45) is 0 Å². The molecule has 2 aliphatic rings. The van der Waals surface area contributed by atoms with E-state index in [1.54, 1.807) is 0 Å². The summed E-state index contributed by atoms with van der Waals surface area (Å²) in [5.41, 5.74) is 0. The van der Waals surface area contributed by atoms with Gasteiger partial charge in [-0.1, -0.05) is 6.42 Å². The van der Waals surface area contributed by atoms with Gasteiger partial charge in [-0.2, -0.15) is 0 Å². The van der Waals surface area contributed by atoms with E-state index in [4.69, 9.17) is 4.74 Å². The Labute approximate surface area is 146 Å². The smallest absolute Gasteiger partial charge is 0.128 e. The molecule has 2 saturated heterocycles. The molecule has 0 unspecified atom stereocenters. The molecule has 122 valence electrons. The van der Waals surface area contributed by atoms with Crippen LogP contribution in [0.5, 0.6) is 0 Å². The van der Waals surface area contributed by atoms with Crippen molar-refractivity contribution >= 4 is 0 Å². The van der Waals surface area contributed by atoms with Crippen LogP contribution in [0, 0.1) is 0 Å². The fourth-order valence-electron chi connectivity index (χ4n) is 3.34. The third-order valence-corrected chi connectivity index (χ3v) is 5.13. The van der Waals surface area contributed by atoms with Gasteiger partial charge in [0.25, 0.3) is 0 Å². The van der Waals surface area contributed by atoms with E-state index in [1.807, 2.05) is 0 Å². The summed E-state index contributed by atoms with van der Waals surface area (Å²) >= 11 is 0. The first-order chi connectivity index (χ1) is 8.62. The Bertz CT molecular complexity index is 250. The van der Waals surface area contributed by atoms with Gasteiger partial charge in [0.15, 0.2) is 0 Å². The quantitative estimate of drug-likeness (QED) is 0.425. The first-order valence-electron chi connectivity index (χ1n) is 7.87. The monoisotopic (exact) mass is 414 g/mol. The molecule has 20 heavy (non-hydrogen) atoms. The SMILES string of the molecule is C[N+]1(CC[N+]2(C)CCOCC2)CCCCCCC1.[Br-].[Br-]. The maximum Gasteiger partial charge on any atom is 0.128 e. The summed E-state index contributed by atoms with van der Waals surface area (Å²) in [6.45, 7) is 9.82. The highest BCUT2D eigenvalue weighted by Crippen LogP contribution is 2.17. The Kier molecular flexibility index (Phi) is 10.2. The third-order valence-electron chi connectivity index (χ3n) is 5.13. The molecule has 0 aromatic rings. The molecule has 2 rings (SSSR count). The van der Waals surface area contributed by atoms with Gasteiger partial charge in [-0.05, 0) is 25.7 Å². The molecule has 0 saturated carbocycles. The minimum atomic E-state index is 0. The van der Waals surface area contributed by atoms with Crippen LogP contribution in [0.1, 0.15) is 32.1 Å². The van der Waals surface area contributed by atoms with E-state index in [1.165, 1.54) is 80.3 Å². The number of likely N-dealkylation sites (tertiary alicyclic amines) is 1. The average molecular weight is 416 g/mol. The molecule has 2 aliphatic heterocycles. The second-order valence-corrected chi connectivity index (χ2v) is 6.96. The number of hydrogen-bond donors (Lipinski definition) is 0. The van der Waals surface area contributed by atoms with E-state index in [9.17, 15) is 0 Å². The highest BCUT2D eigenvalue weighted by molar-refractivity contribution is 4.53.